The van der Waals surface area contributed by atoms with Gasteiger partial charge in [-0.05, 0) is 57.8 Å². The number of aliphatic hydroxyl groups excluding tert-OH is 1. The maximum atomic E-state index is 12.2. The lowest BCUT2D eigenvalue weighted by Gasteiger charge is -2.19. The Hall–Kier alpha value is -0.830. The molecule has 2 fully saturated rings. The summed E-state index contributed by atoms with van der Waals surface area (Å²) in [6, 6.07) is 0. The number of aliphatic hydroxyl groups is 1. The highest BCUT2D eigenvalue weighted by atomic mass is 16.5. The van der Waals surface area contributed by atoms with Crippen molar-refractivity contribution in [2.75, 3.05) is 6.61 Å². The highest BCUT2D eigenvalue weighted by Gasteiger charge is 2.25. The Bertz CT molecular complexity index is 334. The van der Waals surface area contributed by atoms with Crippen molar-refractivity contribution < 1.29 is 14.6 Å². The quantitative estimate of drug-likeness (QED) is 0.613. The summed E-state index contributed by atoms with van der Waals surface area (Å²) in [6.45, 7) is 2.00. The molecule has 2 rings (SSSR count). The number of hydrogen-bond acceptors (Lipinski definition) is 3. The maximum Gasteiger partial charge on any atom is 0.333 e. The molecular formula is C16H26O3. The van der Waals surface area contributed by atoms with Crippen LogP contribution in [0.4, 0.5) is 0 Å². The third-order valence-corrected chi connectivity index (χ3v) is 4.59. The molecule has 0 heterocycles. The Kier molecular flexibility index (Phi) is 5.44. The van der Waals surface area contributed by atoms with Crippen LogP contribution in [0.2, 0.25) is 0 Å². The van der Waals surface area contributed by atoms with Crippen LogP contribution in [-0.2, 0) is 9.53 Å². The van der Waals surface area contributed by atoms with Crippen molar-refractivity contribution in [1.82, 2.24) is 0 Å². The molecule has 0 aromatic carbocycles. The minimum Gasteiger partial charge on any atom is -0.459 e. The van der Waals surface area contributed by atoms with Crippen molar-refractivity contribution in [2.45, 2.75) is 70.8 Å². The smallest absolute Gasteiger partial charge is 0.333 e. The van der Waals surface area contributed by atoms with Gasteiger partial charge in [0.1, 0.15) is 6.10 Å². The lowest BCUT2D eigenvalue weighted by Crippen LogP contribution is -2.18. The summed E-state index contributed by atoms with van der Waals surface area (Å²) in [5.74, 6) is 0.338. The van der Waals surface area contributed by atoms with Crippen molar-refractivity contribution in [3.8, 4) is 0 Å². The molecule has 0 amide bonds. The zero-order valence-electron chi connectivity index (χ0n) is 12.0. The fourth-order valence-corrected chi connectivity index (χ4v) is 3.47. The average molecular weight is 266 g/mol. The molecule has 3 heteroatoms. The van der Waals surface area contributed by atoms with Crippen LogP contribution in [0, 0.1) is 5.92 Å². The molecule has 1 N–H and O–H groups in total. The monoisotopic (exact) mass is 266 g/mol. The van der Waals surface area contributed by atoms with Crippen molar-refractivity contribution >= 4 is 5.97 Å². The summed E-state index contributed by atoms with van der Waals surface area (Å²) in [6.07, 6.45) is 9.91. The van der Waals surface area contributed by atoms with E-state index in [0.29, 0.717) is 12.3 Å². The molecule has 0 unspecified atom stereocenters. The molecule has 3 nitrogen and oxygen atoms in total. The molecule has 2 saturated carbocycles. The minimum atomic E-state index is -0.151. The first-order chi connectivity index (χ1) is 9.22. The summed E-state index contributed by atoms with van der Waals surface area (Å²) in [7, 11) is 0. The highest BCUT2D eigenvalue weighted by molar-refractivity contribution is 5.89. The maximum absolute atomic E-state index is 12.2. The molecule has 108 valence electrons. The van der Waals surface area contributed by atoms with Crippen molar-refractivity contribution in [3.63, 3.8) is 0 Å². The zero-order chi connectivity index (χ0) is 13.7. The standard InChI is InChI=1S/C16H26O3/c1-12(16(18)19-14-8-4-5-9-14)15(10-11-17)13-6-2-3-7-13/h13-14,17H,2-11H2,1H3. The van der Waals surface area contributed by atoms with Crippen LogP contribution in [0.15, 0.2) is 11.1 Å². The van der Waals surface area contributed by atoms with E-state index in [9.17, 15) is 9.90 Å². The summed E-state index contributed by atoms with van der Waals surface area (Å²) in [4.78, 5) is 12.2. The van der Waals surface area contributed by atoms with Gasteiger partial charge in [-0.15, -0.1) is 0 Å². The molecule has 0 aromatic heterocycles. The molecule has 0 radical (unpaired) electrons. The summed E-state index contributed by atoms with van der Waals surface area (Å²) in [5, 5.41) is 9.23. The van der Waals surface area contributed by atoms with Crippen LogP contribution < -0.4 is 0 Å². The van der Waals surface area contributed by atoms with Gasteiger partial charge in [0.05, 0.1) is 0 Å². The SMILES string of the molecule is CC(C(=O)OC1CCCC1)=C(CCO)C1CCCC1. The second kappa shape index (κ2) is 7.09. The summed E-state index contributed by atoms with van der Waals surface area (Å²) >= 11 is 0. The van der Waals surface area contributed by atoms with E-state index >= 15 is 0 Å². The van der Waals surface area contributed by atoms with Crippen LogP contribution in [0.25, 0.3) is 0 Å². The summed E-state index contributed by atoms with van der Waals surface area (Å²) in [5.41, 5.74) is 1.90. The first kappa shape index (κ1) is 14.6. The van der Waals surface area contributed by atoms with Crippen molar-refractivity contribution in [2.24, 2.45) is 5.92 Å². The topological polar surface area (TPSA) is 46.5 Å². The number of esters is 1. The van der Waals surface area contributed by atoms with Crippen LogP contribution >= 0.6 is 0 Å². The first-order valence-corrected chi connectivity index (χ1v) is 7.74. The predicted octanol–water partition coefficient (Wildman–Crippen LogP) is 3.36. The number of carbonyl (C=O) groups is 1. The van der Waals surface area contributed by atoms with Gasteiger partial charge in [-0.25, -0.2) is 4.79 Å². The van der Waals surface area contributed by atoms with E-state index in [2.05, 4.69) is 0 Å². The van der Waals surface area contributed by atoms with Gasteiger partial charge < -0.3 is 9.84 Å². The largest absolute Gasteiger partial charge is 0.459 e. The molecule has 0 spiro atoms. The molecule has 2 aliphatic rings. The van der Waals surface area contributed by atoms with Gasteiger partial charge in [-0.2, -0.15) is 0 Å². The summed E-state index contributed by atoms with van der Waals surface area (Å²) < 4.78 is 5.58. The van der Waals surface area contributed by atoms with E-state index < -0.39 is 0 Å². The van der Waals surface area contributed by atoms with E-state index in [-0.39, 0.29) is 18.7 Å². The van der Waals surface area contributed by atoms with Crippen LogP contribution in [0.3, 0.4) is 0 Å². The lowest BCUT2D eigenvalue weighted by molar-refractivity contribution is -0.144. The molecule has 2 aliphatic carbocycles. The number of hydrogen-bond donors (Lipinski definition) is 1. The van der Waals surface area contributed by atoms with Gasteiger partial charge in [0.25, 0.3) is 0 Å². The Balaban J connectivity index is 2.03. The highest BCUT2D eigenvalue weighted by Crippen LogP contribution is 2.35. The van der Waals surface area contributed by atoms with E-state index in [1.807, 2.05) is 6.92 Å². The fourth-order valence-electron chi connectivity index (χ4n) is 3.47. The number of carbonyl (C=O) groups excluding carboxylic acids is 1. The average Bonchev–Trinajstić information content (AvgIpc) is 3.07. The van der Waals surface area contributed by atoms with Crippen LogP contribution in [0.5, 0.6) is 0 Å². The van der Waals surface area contributed by atoms with Gasteiger partial charge in [-0.3, -0.25) is 0 Å². The van der Waals surface area contributed by atoms with Gasteiger partial charge in [-0.1, -0.05) is 18.4 Å². The predicted molar refractivity (Wildman–Crippen MR) is 74.7 cm³/mol. The van der Waals surface area contributed by atoms with E-state index in [1.165, 1.54) is 25.7 Å². The minimum absolute atomic E-state index is 0.125. The second-order valence-electron chi connectivity index (χ2n) is 5.92. The Morgan fingerprint density at radius 1 is 1.11 bits per heavy atom. The molecule has 0 bridgehead atoms. The Labute approximate surface area is 116 Å². The third-order valence-electron chi connectivity index (χ3n) is 4.59. The van der Waals surface area contributed by atoms with E-state index in [4.69, 9.17) is 4.74 Å². The second-order valence-corrected chi connectivity index (χ2v) is 5.92. The normalized spacial score (nSPS) is 22.6. The van der Waals surface area contributed by atoms with Crippen LogP contribution in [0.1, 0.15) is 64.7 Å². The molecule has 0 aliphatic heterocycles. The molecular weight excluding hydrogens is 240 g/mol. The Morgan fingerprint density at radius 2 is 1.68 bits per heavy atom. The number of ether oxygens (including phenoxy) is 1. The lowest BCUT2D eigenvalue weighted by atomic mass is 9.91. The van der Waals surface area contributed by atoms with Gasteiger partial charge in [0, 0.05) is 12.2 Å². The molecule has 0 saturated heterocycles. The van der Waals surface area contributed by atoms with E-state index in [0.717, 1.165) is 36.8 Å². The van der Waals surface area contributed by atoms with Gasteiger partial charge in [0.2, 0.25) is 0 Å². The first-order valence-electron chi connectivity index (χ1n) is 7.74. The van der Waals surface area contributed by atoms with Crippen molar-refractivity contribution in [1.29, 1.82) is 0 Å². The zero-order valence-corrected chi connectivity index (χ0v) is 12.0. The molecule has 0 aromatic rings. The molecule has 19 heavy (non-hydrogen) atoms. The van der Waals surface area contributed by atoms with Gasteiger partial charge in [0.15, 0.2) is 0 Å². The van der Waals surface area contributed by atoms with Crippen molar-refractivity contribution in [3.05, 3.63) is 11.1 Å². The van der Waals surface area contributed by atoms with Gasteiger partial charge >= 0.3 is 5.97 Å². The number of rotatable bonds is 5. The third kappa shape index (κ3) is 3.82. The Morgan fingerprint density at radius 3 is 2.26 bits per heavy atom. The van der Waals surface area contributed by atoms with E-state index in [1.54, 1.807) is 0 Å². The fraction of sp³-hybridized carbons (Fsp3) is 0.812. The van der Waals surface area contributed by atoms with Crippen LogP contribution in [-0.4, -0.2) is 23.8 Å². The molecule has 0 atom stereocenters.